The van der Waals surface area contributed by atoms with Gasteiger partial charge in [-0.2, -0.15) is 5.10 Å². The maximum absolute atomic E-state index is 12.5. The van der Waals surface area contributed by atoms with Crippen LogP contribution in [0.3, 0.4) is 0 Å². The van der Waals surface area contributed by atoms with Crippen molar-refractivity contribution in [1.29, 1.82) is 0 Å². The van der Waals surface area contributed by atoms with Crippen LogP contribution in [0, 0.1) is 6.92 Å². The average Bonchev–Trinajstić information content (AvgIpc) is 3.20. The molecule has 3 aromatic rings. The molecule has 1 aliphatic rings. The highest BCUT2D eigenvalue weighted by Gasteiger charge is 2.17. The zero-order valence-electron chi connectivity index (χ0n) is 15.6. The van der Waals surface area contributed by atoms with Gasteiger partial charge in [0.2, 0.25) is 0 Å². The van der Waals surface area contributed by atoms with E-state index < -0.39 is 0 Å². The van der Waals surface area contributed by atoms with Crippen molar-refractivity contribution in [2.24, 2.45) is 0 Å². The zero-order valence-corrected chi connectivity index (χ0v) is 16.4. The van der Waals surface area contributed by atoms with E-state index in [4.69, 9.17) is 0 Å². The van der Waals surface area contributed by atoms with Crippen molar-refractivity contribution in [3.8, 4) is 11.4 Å². The van der Waals surface area contributed by atoms with Crippen molar-refractivity contribution in [1.82, 2.24) is 25.1 Å². The second kappa shape index (κ2) is 8.95. The number of anilines is 1. The lowest BCUT2D eigenvalue weighted by Gasteiger charge is -2.22. The highest BCUT2D eigenvalue weighted by Crippen LogP contribution is 2.19. The first kappa shape index (κ1) is 20.0. The number of hydrogen-bond donors (Lipinski definition) is 2. The molecule has 1 aliphatic heterocycles. The van der Waals surface area contributed by atoms with Crippen molar-refractivity contribution in [3.05, 3.63) is 60.2 Å². The molecule has 2 aromatic heterocycles. The van der Waals surface area contributed by atoms with Crippen LogP contribution in [0.25, 0.3) is 11.4 Å². The fourth-order valence-corrected chi connectivity index (χ4v) is 3.21. The molecule has 0 radical (unpaired) electrons. The Kier molecular flexibility index (Phi) is 6.38. The summed E-state index contributed by atoms with van der Waals surface area (Å²) in [6.45, 7) is 3.88. The van der Waals surface area contributed by atoms with Crippen LogP contribution in [0.5, 0.6) is 0 Å². The second-order valence-corrected chi connectivity index (χ2v) is 6.73. The number of carbonyl (C=O) groups excluding carboxylic acids is 1. The molecule has 1 atom stereocenters. The summed E-state index contributed by atoms with van der Waals surface area (Å²) >= 11 is 0. The topological polar surface area (TPSA) is 84.7 Å². The molecule has 0 aliphatic carbocycles. The molecule has 1 amide bonds. The summed E-state index contributed by atoms with van der Waals surface area (Å²) in [6, 6.07) is 11.4. The number of nitrogens with zero attached hydrogens (tertiary/aromatic N) is 4. The molecule has 0 saturated carbocycles. The molecule has 146 valence electrons. The summed E-state index contributed by atoms with van der Waals surface area (Å²) < 4.78 is 1.89. The first-order chi connectivity index (χ1) is 13.2. The Bertz CT molecular complexity index is 934. The predicted molar refractivity (Wildman–Crippen MR) is 111 cm³/mol. The van der Waals surface area contributed by atoms with Crippen LogP contribution in [0.15, 0.2) is 48.8 Å². The normalized spacial score (nSPS) is 16.2. The van der Waals surface area contributed by atoms with Gasteiger partial charge in [0.15, 0.2) is 11.5 Å². The number of rotatable bonds is 4. The average molecular weight is 399 g/mol. The van der Waals surface area contributed by atoms with E-state index in [0.717, 1.165) is 37.2 Å². The molecule has 1 aromatic carbocycles. The van der Waals surface area contributed by atoms with E-state index in [1.54, 1.807) is 12.3 Å². The van der Waals surface area contributed by atoms with Crippen LogP contribution in [0.4, 0.5) is 5.69 Å². The van der Waals surface area contributed by atoms with Gasteiger partial charge in [0.25, 0.3) is 5.91 Å². The summed E-state index contributed by atoms with van der Waals surface area (Å²) in [7, 11) is 0. The van der Waals surface area contributed by atoms with Gasteiger partial charge in [0.05, 0.1) is 6.04 Å². The molecule has 28 heavy (non-hydrogen) atoms. The van der Waals surface area contributed by atoms with E-state index in [1.165, 1.54) is 0 Å². The molecule has 4 rings (SSSR count). The third-order valence-corrected chi connectivity index (χ3v) is 4.68. The Morgan fingerprint density at radius 1 is 1.21 bits per heavy atom. The van der Waals surface area contributed by atoms with Crippen molar-refractivity contribution < 1.29 is 4.79 Å². The standard InChI is InChI=1S/C20H22N6O.ClH/c1-14-8-11-22-19(23-14)15-4-6-16(7-5-15)24-20(27)18-9-12-26(25-18)17-3-2-10-21-13-17;/h4-9,11-12,17,21H,2-3,10,13H2,1H3,(H,24,27);1H. The number of amides is 1. The molecule has 2 N–H and O–H groups in total. The molecule has 8 heteroatoms. The Morgan fingerprint density at radius 2 is 2.04 bits per heavy atom. The van der Waals surface area contributed by atoms with Crippen LogP contribution >= 0.6 is 12.4 Å². The summed E-state index contributed by atoms with van der Waals surface area (Å²) in [6.07, 6.45) is 5.83. The summed E-state index contributed by atoms with van der Waals surface area (Å²) in [5.74, 6) is 0.463. The summed E-state index contributed by atoms with van der Waals surface area (Å²) in [4.78, 5) is 21.2. The van der Waals surface area contributed by atoms with Crippen LogP contribution in [-0.2, 0) is 0 Å². The fraction of sp³-hybridized carbons (Fsp3) is 0.300. The number of aryl methyl sites for hydroxylation is 1. The molecular formula is C20H23ClN6O. The maximum atomic E-state index is 12.5. The lowest BCUT2D eigenvalue weighted by atomic mass is 10.1. The largest absolute Gasteiger partial charge is 0.321 e. The molecule has 0 bridgehead atoms. The minimum Gasteiger partial charge on any atom is -0.321 e. The Labute approximate surface area is 170 Å². The maximum Gasteiger partial charge on any atom is 0.276 e. The Morgan fingerprint density at radius 3 is 2.75 bits per heavy atom. The van der Waals surface area contributed by atoms with E-state index >= 15 is 0 Å². The molecule has 3 heterocycles. The number of piperidine rings is 1. The predicted octanol–water partition coefficient (Wildman–Crippen LogP) is 3.25. The van der Waals surface area contributed by atoms with E-state index in [9.17, 15) is 4.79 Å². The first-order valence-corrected chi connectivity index (χ1v) is 9.16. The highest BCUT2D eigenvalue weighted by molar-refractivity contribution is 6.02. The summed E-state index contributed by atoms with van der Waals surface area (Å²) in [5.41, 5.74) is 2.96. The smallest absolute Gasteiger partial charge is 0.276 e. The monoisotopic (exact) mass is 398 g/mol. The van der Waals surface area contributed by atoms with Crippen molar-refractivity contribution >= 4 is 24.0 Å². The number of aromatic nitrogens is 4. The summed E-state index contributed by atoms with van der Waals surface area (Å²) in [5, 5.41) is 10.7. The van der Waals surface area contributed by atoms with E-state index in [1.807, 2.05) is 48.1 Å². The van der Waals surface area contributed by atoms with Crippen molar-refractivity contribution in [2.75, 3.05) is 18.4 Å². The lowest BCUT2D eigenvalue weighted by Crippen LogP contribution is -2.32. The van der Waals surface area contributed by atoms with Gasteiger partial charge >= 0.3 is 0 Å². The van der Waals surface area contributed by atoms with Crippen LogP contribution in [0.1, 0.15) is 35.1 Å². The number of nitrogens with one attached hydrogen (secondary N) is 2. The number of halogens is 1. The van der Waals surface area contributed by atoms with E-state index in [0.29, 0.717) is 23.2 Å². The van der Waals surface area contributed by atoms with Crippen molar-refractivity contribution in [2.45, 2.75) is 25.8 Å². The van der Waals surface area contributed by atoms with Gasteiger partial charge < -0.3 is 10.6 Å². The van der Waals surface area contributed by atoms with Crippen LogP contribution < -0.4 is 10.6 Å². The molecular weight excluding hydrogens is 376 g/mol. The van der Waals surface area contributed by atoms with Gasteiger partial charge in [-0.25, -0.2) is 9.97 Å². The van der Waals surface area contributed by atoms with Gasteiger partial charge in [0.1, 0.15) is 0 Å². The van der Waals surface area contributed by atoms with Crippen LogP contribution in [0.2, 0.25) is 0 Å². The van der Waals surface area contributed by atoms with E-state index in [2.05, 4.69) is 25.7 Å². The van der Waals surface area contributed by atoms with E-state index in [-0.39, 0.29) is 18.3 Å². The third-order valence-electron chi connectivity index (χ3n) is 4.68. The van der Waals surface area contributed by atoms with Gasteiger partial charge in [0, 0.05) is 35.9 Å². The lowest BCUT2D eigenvalue weighted by molar-refractivity contribution is 0.102. The van der Waals surface area contributed by atoms with Crippen molar-refractivity contribution in [3.63, 3.8) is 0 Å². The number of benzene rings is 1. The number of carbonyl (C=O) groups is 1. The first-order valence-electron chi connectivity index (χ1n) is 9.16. The van der Waals surface area contributed by atoms with Crippen LogP contribution in [-0.4, -0.2) is 38.7 Å². The minimum absolute atomic E-state index is 0. The molecule has 0 spiro atoms. The van der Waals surface area contributed by atoms with Gasteiger partial charge in [-0.15, -0.1) is 12.4 Å². The SMILES string of the molecule is Cc1ccnc(-c2ccc(NC(=O)c3ccn(C4CCCNC4)n3)cc2)n1.Cl. The zero-order chi connectivity index (χ0) is 18.6. The van der Waals surface area contributed by atoms with Gasteiger partial charge in [-0.05, 0) is 62.7 Å². The third kappa shape index (κ3) is 4.55. The Hall–Kier alpha value is -2.77. The fourth-order valence-electron chi connectivity index (χ4n) is 3.21. The Balaban J connectivity index is 0.00000225. The molecule has 1 saturated heterocycles. The van der Waals surface area contributed by atoms with Gasteiger partial charge in [-0.3, -0.25) is 9.48 Å². The minimum atomic E-state index is -0.211. The second-order valence-electron chi connectivity index (χ2n) is 6.73. The van der Waals surface area contributed by atoms with Gasteiger partial charge in [-0.1, -0.05) is 0 Å². The highest BCUT2D eigenvalue weighted by atomic mass is 35.5. The number of hydrogen-bond acceptors (Lipinski definition) is 5. The molecule has 1 fully saturated rings. The molecule has 1 unspecified atom stereocenters. The quantitative estimate of drug-likeness (QED) is 0.704. The molecule has 7 nitrogen and oxygen atoms in total.